The van der Waals surface area contributed by atoms with Crippen LogP contribution >= 0.6 is 0 Å². The van der Waals surface area contributed by atoms with E-state index in [9.17, 15) is 0 Å². The number of allylic oxidation sites excluding steroid dienone is 1. The van der Waals surface area contributed by atoms with E-state index >= 15 is 0 Å². The minimum atomic E-state index is 0.783. The third-order valence-electron chi connectivity index (χ3n) is 1.99. The summed E-state index contributed by atoms with van der Waals surface area (Å²) in [7, 11) is 0. The van der Waals surface area contributed by atoms with E-state index in [1.165, 1.54) is 0 Å². The Morgan fingerprint density at radius 2 is 2.00 bits per heavy atom. The fraction of sp³-hybridized carbons (Fsp3) is 0.385. The maximum Gasteiger partial charge on any atom is 0.119 e. The van der Waals surface area contributed by atoms with Crippen LogP contribution in [0.3, 0.4) is 0 Å². The Kier molecular flexibility index (Phi) is 5.38. The highest BCUT2D eigenvalue weighted by Crippen LogP contribution is 2.15. The van der Waals surface area contributed by atoms with E-state index in [0.717, 1.165) is 31.0 Å². The second-order valence-electron chi connectivity index (χ2n) is 3.32. The Labute approximate surface area is 92.0 Å². The highest BCUT2D eigenvalue weighted by atomic mass is 16.5. The second-order valence-corrected chi connectivity index (χ2v) is 3.32. The van der Waals surface area contributed by atoms with Crippen LogP contribution in [0, 0.1) is 0 Å². The fourth-order valence-electron chi connectivity index (χ4n) is 1.18. The van der Waals surface area contributed by atoms with Gasteiger partial charge in [-0.2, -0.15) is 0 Å². The average Bonchev–Trinajstić information content (AvgIpc) is 2.28. The lowest BCUT2D eigenvalue weighted by Gasteiger charge is -2.06. The molecule has 0 amide bonds. The van der Waals surface area contributed by atoms with Crippen LogP contribution in [0.4, 0.5) is 5.69 Å². The summed E-state index contributed by atoms with van der Waals surface area (Å²) >= 11 is 0. The smallest absolute Gasteiger partial charge is 0.119 e. The van der Waals surface area contributed by atoms with Gasteiger partial charge in [-0.05, 0) is 37.6 Å². The lowest BCUT2D eigenvalue weighted by atomic mass is 10.3. The van der Waals surface area contributed by atoms with Crippen molar-refractivity contribution in [1.29, 1.82) is 0 Å². The molecule has 1 aromatic carbocycles. The van der Waals surface area contributed by atoms with Gasteiger partial charge in [-0.15, -0.1) is 0 Å². The van der Waals surface area contributed by atoms with Crippen LogP contribution in [0.1, 0.15) is 20.3 Å². The molecule has 0 atom stereocenters. The van der Waals surface area contributed by atoms with Crippen LogP contribution in [-0.2, 0) is 0 Å². The number of anilines is 1. The van der Waals surface area contributed by atoms with Crippen molar-refractivity contribution < 1.29 is 4.74 Å². The van der Waals surface area contributed by atoms with Crippen molar-refractivity contribution >= 4 is 5.69 Å². The summed E-state index contributed by atoms with van der Waals surface area (Å²) in [6.07, 6.45) is 5.16. The molecule has 0 aliphatic heterocycles. The van der Waals surface area contributed by atoms with Crippen molar-refractivity contribution in [3.63, 3.8) is 0 Å². The van der Waals surface area contributed by atoms with Gasteiger partial charge in [0.1, 0.15) is 5.75 Å². The predicted molar refractivity (Wildman–Crippen MR) is 65.5 cm³/mol. The first kappa shape index (κ1) is 11.6. The highest BCUT2D eigenvalue weighted by molar-refractivity contribution is 5.46. The number of ether oxygens (including phenoxy) is 1. The minimum Gasteiger partial charge on any atom is -0.494 e. The van der Waals surface area contributed by atoms with Gasteiger partial charge in [0.2, 0.25) is 0 Å². The van der Waals surface area contributed by atoms with Gasteiger partial charge >= 0.3 is 0 Å². The molecule has 0 fully saturated rings. The quantitative estimate of drug-likeness (QED) is 0.718. The zero-order valence-electron chi connectivity index (χ0n) is 9.49. The average molecular weight is 205 g/mol. The van der Waals surface area contributed by atoms with Crippen molar-refractivity contribution in [1.82, 2.24) is 0 Å². The molecule has 0 saturated carbocycles. The van der Waals surface area contributed by atoms with Crippen LogP contribution < -0.4 is 10.1 Å². The number of hydrogen-bond donors (Lipinski definition) is 1. The molecule has 0 aliphatic rings. The third kappa shape index (κ3) is 4.54. The lowest BCUT2D eigenvalue weighted by Crippen LogP contribution is -1.98. The molecule has 1 aromatic rings. The van der Waals surface area contributed by atoms with E-state index in [0.29, 0.717) is 0 Å². The van der Waals surface area contributed by atoms with Gasteiger partial charge in [0, 0.05) is 12.2 Å². The predicted octanol–water partition coefficient (Wildman–Crippen LogP) is 3.46. The largest absolute Gasteiger partial charge is 0.494 e. The number of rotatable bonds is 6. The molecule has 0 bridgehead atoms. The molecule has 0 aromatic heterocycles. The van der Waals surface area contributed by atoms with Gasteiger partial charge in [-0.25, -0.2) is 0 Å². The fourth-order valence-corrected chi connectivity index (χ4v) is 1.18. The van der Waals surface area contributed by atoms with Gasteiger partial charge in [0.05, 0.1) is 6.61 Å². The van der Waals surface area contributed by atoms with E-state index in [1.807, 2.05) is 37.3 Å². The van der Waals surface area contributed by atoms with E-state index in [2.05, 4.69) is 18.3 Å². The molecule has 2 heteroatoms. The summed E-state index contributed by atoms with van der Waals surface area (Å²) in [5.41, 5.74) is 1.12. The van der Waals surface area contributed by atoms with E-state index in [1.54, 1.807) is 0 Å². The van der Waals surface area contributed by atoms with Crippen molar-refractivity contribution in [3.8, 4) is 5.75 Å². The molecule has 0 radical (unpaired) electrons. The van der Waals surface area contributed by atoms with Crippen LogP contribution in [0.15, 0.2) is 36.4 Å². The van der Waals surface area contributed by atoms with E-state index in [-0.39, 0.29) is 0 Å². The monoisotopic (exact) mass is 205 g/mol. The van der Waals surface area contributed by atoms with Crippen LogP contribution in [0.2, 0.25) is 0 Å². The molecule has 0 heterocycles. The first-order chi connectivity index (χ1) is 7.36. The zero-order valence-corrected chi connectivity index (χ0v) is 9.49. The molecular weight excluding hydrogens is 186 g/mol. The van der Waals surface area contributed by atoms with Crippen molar-refractivity contribution in [2.75, 3.05) is 18.5 Å². The Bertz CT molecular complexity index is 290. The van der Waals surface area contributed by atoms with Crippen LogP contribution in [-0.4, -0.2) is 13.2 Å². The Morgan fingerprint density at radius 3 is 2.60 bits per heavy atom. The third-order valence-corrected chi connectivity index (χ3v) is 1.99. The highest BCUT2D eigenvalue weighted by Gasteiger charge is 1.93. The van der Waals surface area contributed by atoms with Crippen LogP contribution in [0.5, 0.6) is 5.75 Å². The van der Waals surface area contributed by atoms with Gasteiger partial charge in [0.25, 0.3) is 0 Å². The maximum atomic E-state index is 5.49. The molecule has 1 N–H and O–H groups in total. The van der Waals surface area contributed by atoms with Crippen LogP contribution in [0.25, 0.3) is 0 Å². The second kappa shape index (κ2) is 6.93. The summed E-state index contributed by atoms with van der Waals surface area (Å²) in [5, 5.41) is 3.29. The van der Waals surface area contributed by atoms with Crippen molar-refractivity contribution in [2.45, 2.75) is 20.3 Å². The molecule has 2 nitrogen and oxygen atoms in total. The SMILES string of the molecule is C/C=C/CNc1ccc(OCCC)cc1. The molecule has 82 valence electrons. The number of nitrogens with one attached hydrogen (secondary N) is 1. The molecule has 0 unspecified atom stereocenters. The minimum absolute atomic E-state index is 0.783. The van der Waals surface area contributed by atoms with Gasteiger partial charge in [-0.3, -0.25) is 0 Å². The number of benzene rings is 1. The lowest BCUT2D eigenvalue weighted by molar-refractivity contribution is 0.317. The molecule has 1 rings (SSSR count). The standard InChI is InChI=1S/C13H19NO/c1-3-5-10-14-12-6-8-13(9-7-12)15-11-4-2/h3,5-9,14H,4,10-11H2,1-2H3/b5-3+. The van der Waals surface area contributed by atoms with Crippen molar-refractivity contribution in [3.05, 3.63) is 36.4 Å². The summed E-state index contributed by atoms with van der Waals surface area (Å²) in [6, 6.07) is 8.06. The Balaban J connectivity index is 2.41. The van der Waals surface area contributed by atoms with E-state index < -0.39 is 0 Å². The molecule has 0 spiro atoms. The van der Waals surface area contributed by atoms with Crippen molar-refractivity contribution in [2.24, 2.45) is 0 Å². The zero-order chi connectivity index (χ0) is 10.9. The number of hydrogen-bond acceptors (Lipinski definition) is 2. The molecule has 15 heavy (non-hydrogen) atoms. The summed E-state index contributed by atoms with van der Waals surface area (Å²) in [4.78, 5) is 0. The van der Waals surface area contributed by atoms with Gasteiger partial charge < -0.3 is 10.1 Å². The Morgan fingerprint density at radius 1 is 1.27 bits per heavy atom. The maximum absolute atomic E-state index is 5.49. The molecule has 0 aliphatic carbocycles. The first-order valence-corrected chi connectivity index (χ1v) is 5.44. The molecule has 0 saturated heterocycles. The first-order valence-electron chi connectivity index (χ1n) is 5.44. The van der Waals surface area contributed by atoms with Gasteiger partial charge in [-0.1, -0.05) is 19.1 Å². The summed E-state index contributed by atoms with van der Waals surface area (Å²) in [6.45, 7) is 5.77. The van der Waals surface area contributed by atoms with Gasteiger partial charge in [0.15, 0.2) is 0 Å². The summed E-state index contributed by atoms with van der Waals surface area (Å²) in [5.74, 6) is 0.938. The topological polar surface area (TPSA) is 21.3 Å². The normalized spacial score (nSPS) is 10.5. The van der Waals surface area contributed by atoms with E-state index in [4.69, 9.17) is 4.74 Å². The Hall–Kier alpha value is -1.44. The molecular formula is C13H19NO. The summed E-state index contributed by atoms with van der Waals surface area (Å²) < 4.78 is 5.49.